The maximum Gasteiger partial charge on any atom is 0.251 e. The van der Waals surface area contributed by atoms with E-state index >= 15 is 0 Å². The van der Waals surface area contributed by atoms with Crippen molar-refractivity contribution in [2.45, 2.75) is 32.9 Å². The van der Waals surface area contributed by atoms with E-state index in [2.05, 4.69) is 21.6 Å². The predicted octanol–water partition coefficient (Wildman–Crippen LogP) is 2.46. The smallest absolute Gasteiger partial charge is 0.251 e. The summed E-state index contributed by atoms with van der Waals surface area (Å²) < 4.78 is 0. The standard InChI is InChI=1S/C16H25N3O.2ClH/c1-16(2,3)18-15(20)14-6-4-5-13(11-14)12-19-9-7-17-8-10-19;;/h4-6,11,17H,7-10,12H2,1-3H3,(H,18,20);2*1H. The molecule has 0 aromatic heterocycles. The summed E-state index contributed by atoms with van der Waals surface area (Å²) in [6.45, 7) is 11.1. The first-order valence-corrected chi connectivity index (χ1v) is 7.28. The lowest BCUT2D eigenvalue weighted by molar-refractivity contribution is 0.0919. The van der Waals surface area contributed by atoms with Crippen molar-refractivity contribution in [2.24, 2.45) is 0 Å². The van der Waals surface area contributed by atoms with Crippen molar-refractivity contribution >= 4 is 30.7 Å². The zero-order valence-corrected chi connectivity index (χ0v) is 15.1. The van der Waals surface area contributed by atoms with Crippen LogP contribution in [0.4, 0.5) is 0 Å². The van der Waals surface area contributed by atoms with Crippen LogP contribution in [0, 0.1) is 0 Å². The average molecular weight is 348 g/mol. The van der Waals surface area contributed by atoms with E-state index in [9.17, 15) is 4.79 Å². The van der Waals surface area contributed by atoms with E-state index in [1.165, 1.54) is 5.56 Å². The lowest BCUT2D eigenvalue weighted by Gasteiger charge is -2.27. The van der Waals surface area contributed by atoms with Crippen LogP contribution in [-0.4, -0.2) is 42.5 Å². The number of nitrogens with one attached hydrogen (secondary N) is 2. The fourth-order valence-corrected chi connectivity index (χ4v) is 2.35. The fourth-order valence-electron chi connectivity index (χ4n) is 2.35. The molecular weight excluding hydrogens is 321 g/mol. The number of hydrogen-bond donors (Lipinski definition) is 2. The first-order chi connectivity index (χ1) is 9.44. The molecule has 22 heavy (non-hydrogen) atoms. The maximum atomic E-state index is 12.2. The van der Waals surface area contributed by atoms with Crippen molar-refractivity contribution in [3.63, 3.8) is 0 Å². The molecule has 1 aromatic rings. The van der Waals surface area contributed by atoms with Crippen LogP contribution in [0.15, 0.2) is 24.3 Å². The number of benzene rings is 1. The molecule has 2 rings (SSSR count). The van der Waals surface area contributed by atoms with Crippen molar-refractivity contribution in [1.29, 1.82) is 0 Å². The molecule has 1 saturated heterocycles. The van der Waals surface area contributed by atoms with Crippen molar-refractivity contribution in [3.8, 4) is 0 Å². The third-order valence-corrected chi connectivity index (χ3v) is 3.29. The van der Waals surface area contributed by atoms with E-state index in [1.807, 2.05) is 39.0 Å². The molecule has 1 aliphatic rings. The van der Waals surface area contributed by atoms with Crippen LogP contribution in [0.5, 0.6) is 0 Å². The molecule has 0 bridgehead atoms. The molecule has 1 heterocycles. The van der Waals surface area contributed by atoms with Gasteiger partial charge in [0.25, 0.3) is 5.91 Å². The minimum atomic E-state index is -0.203. The molecule has 6 heteroatoms. The van der Waals surface area contributed by atoms with Crippen molar-refractivity contribution in [1.82, 2.24) is 15.5 Å². The molecule has 0 atom stereocenters. The molecule has 126 valence electrons. The number of amides is 1. The van der Waals surface area contributed by atoms with Crippen LogP contribution in [-0.2, 0) is 6.54 Å². The molecule has 1 aromatic carbocycles. The number of piperazine rings is 1. The molecule has 1 aliphatic heterocycles. The first-order valence-electron chi connectivity index (χ1n) is 7.28. The van der Waals surface area contributed by atoms with Gasteiger partial charge in [-0.25, -0.2) is 0 Å². The third-order valence-electron chi connectivity index (χ3n) is 3.29. The Morgan fingerprint density at radius 1 is 1.23 bits per heavy atom. The Balaban J connectivity index is 0.00000220. The highest BCUT2D eigenvalue weighted by atomic mass is 35.5. The molecule has 0 radical (unpaired) electrons. The molecule has 4 nitrogen and oxygen atoms in total. The van der Waals surface area contributed by atoms with Crippen LogP contribution in [0.3, 0.4) is 0 Å². The molecule has 1 fully saturated rings. The maximum absolute atomic E-state index is 12.2. The van der Waals surface area contributed by atoms with Crippen LogP contribution in [0.25, 0.3) is 0 Å². The Morgan fingerprint density at radius 3 is 2.45 bits per heavy atom. The quantitative estimate of drug-likeness (QED) is 0.882. The molecule has 1 amide bonds. The summed E-state index contributed by atoms with van der Waals surface area (Å²) >= 11 is 0. The van der Waals surface area contributed by atoms with Crippen molar-refractivity contribution in [2.75, 3.05) is 26.2 Å². The number of carbonyl (C=O) groups excluding carboxylic acids is 1. The molecular formula is C16H27Cl2N3O. The normalized spacial score (nSPS) is 15.4. The van der Waals surface area contributed by atoms with Crippen LogP contribution in [0.1, 0.15) is 36.7 Å². The fraction of sp³-hybridized carbons (Fsp3) is 0.562. The zero-order chi connectivity index (χ0) is 14.6. The molecule has 2 N–H and O–H groups in total. The number of halogens is 2. The van der Waals surface area contributed by atoms with Gasteiger partial charge in [0.15, 0.2) is 0 Å². The van der Waals surface area contributed by atoms with Gasteiger partial charge in [0, 0.05) is 43.8 Å². The molecule has 0 unspecified atom stereocenters. The average Bonchev–Trinajstić information content (AvgIpc) is 2.38. The van der Waals surface area contributed by atoms with E-state index in [0.29, 0.717) is 0 Å². The summed E-state index contributed by atoms with van der Waals surface area (Å²) in [5.74, 6) is -0.000314. The summed E-state index contributed by atoms with van der Waals surface area (Å²) in [7, 11) is 0. The second kappa shape index (κ2) is 9.36. The molecule has 0 spiro atoms. The molecule has 0 aliphatic carbocycles. The minimum absolute atomic E-state index is 0. The van der Waals surface area contributed by atoms with Crippen molar-refractivity contribution in [3.05, 3.63) is 35.4 Å². The number of nitrogens with zero attached hydrogens (tertiary/aromatic N) is 1. The van der Waals surface area contributed by atoms with Crippen LogP contribution in [0.2, 0.25) is 0 Å². The van der Waals surface area contributed by atoms with Crippen LogP contribution >= 0.6 is 24.8 Å². The monoisotopic (exact) mass is 347 g/mol. The highest BCUT2D eigenvalue weighted by molar-refractivity contribution is 5.94. The summed E-state index contributed by atoms with van der Waals surface area (Å²) in [6, 6.07) is 7.94. The van der Waals surface area contributed by atoms with E-state index in [-0.39, 0.29) is 36.3 Å². The van der Waals surface area contributed by atoms with E-state index in [1.54, 1.807) is 0 Å². The second-order valence-corrected chi connectivity index (χ2v) is 6.43. The lowest BCUT2D eigenvalue weighted by atomic mass is 10.1. The minimum Gasteiger partial charge on any atom is -0.347 e. The van der Waals surface area contributed by atoms with Crippen LogP contribution < -0.4 is 10.6 Å². The van der Waals surface area contributed by atoms with Gasteiger partial charge in [-0.15, -0.1) is 24.8 Å². The number of carbonyl (C=O) groups is 1. The van der Waals surface area contributed by atoms with E-state index in [0.717, 1.165) is 38.3 Å². The van der Waals surface area contributed by atoms with E-state index in [4.69, 9.17) is 0 Å². The topological polar surface area (TPSA) is 44.4 Å². The summed E-state index contributed by atoms with van der Waals surface area (Å²) in [4.78, 5) is 14.6. The van der Waals surface area contributed by atoms with Gasteiger partial charge in [0.05, 0.1) is 0 Å². The van der Waals surface area contributed by atoms with E-state index < -0.39 is 0 Å². The Kier molecular flexibility index (Phi) is 9.01. The number of hydrogen-bond acceptors (Lipinski definition) is 3. The largest absolute Gasteiger partial charge is 0.347 e. The van der Waals surface area contributed by atoms with Gasteiger partial charge in [-0.1, -0.05) is 12.1 Å². The highest BCUT2D eigenvalue weighted by Gasteiger charge is 2.16. The lowest BCUT2D eigenvalue weighted by Crippen LogP contribution is -2.43. The molecule has 0 saturated carbocycles. The van der Waals surface area contributed by atoms with Gasteiger partial charge in [-0.05, 0) is 38.5 Å². The van der Waals surface area contributed by atoms with Gasteiger partial charge in [0.1, 0.15) is 0 Å². The van der Waals surface area contributed by atoms with Gasteiger partial charge in [-0.3, -0.25) is 9.69 Å². The second-order valence-electron chi connectivity index (χ2n) is 6.43. The Hall–Kier alpha value is -0.810. The third kappa shape index (κ3) is 6.97. The zero-order valence-electron chi connectivity index (χ0n) is 13.5. The van der Waals surface area contributed by atoms with Gasteiger partial charge in [0.2, 0.25) is 0 Å². The summed E-state index contributed by atoms with van der Waals surface area (Å²) in [6.07, 6.45) is 0. The summed E-state index contributed by atoms with van der Waals surface area (Å²) in [5.41, 5.74) is 1.74. The Bertz CT molecular complexity index is 469. The summed E-state index contributed by atoms with van der Waals surface area (Å²) in [5, 5.41) is 6.35. The van der Waals surface area contributed by atoms with Gasteiger partial charge in [-0.2, -0.15) is 0 Å². The SMILES string of the molecule is CC(C)(C)NC(=O)c1cccc(CN2CCNCC2)c1.Cl.Cl. The Morgan fingerprint density at radius 2 is 1.86 bits per heavy atom. The van der Waals surface area contributed by atoms with Crippen molar-refractivity contribution < 1.29 is 4.79 Å². The first kappa shape index (κ1) is 21.2. The Labute approximate surface area is 145 Å². The predicted molar refractivity (Wildman–Crippen MR) is 96.3 cm³/mol. The van der Waals surface area contributed by atoms with Gasteiger partial charge < -0.3 is 10.6 Å². The highest BCUT2D eigenvalue weighted by Crippen LogP contribution is 2.10. The van der Waals surface area contributed by atoms with Gasteiger partial charge >= 0.3 is 0 Å². The number of rotatable bonds is 3.